The molecule has 4 nitrogen and oxygen atoms in total. The van der Waals surface area contributed by atoms with Crippen molar-refractivity contribution in [1.82, 2.24) is 4.37 Å². The number of hydrogen-bond acceptors (Lipinski definition) is 5. The van der Waals surface area contributed by atoms with Gasteiger partial charge in [0.1, 0.15) is 5.82 Å². The number of anilines is 1. The molecule has 2 rings (SSSR count). The molecule has 72 valence electrons. The second-order valence-corrected chi connectivity index (χ2v) is 3.54. The first kappa shape index (κ1) is 8.96. The second-order valence-electron chi connectivity index (χ2n) is 2.74. The van der Waals surface area contributed by atoms with E-state index in [2.05, 4.69) is 9.11 Å². The molecule has 0 radical (unpaired) electrons. The van der Waals surface area contributed by atoms with Gasteiger partial charge in [-0.2, -0.15) is 4.37 Å². The minimum absolute atomic E-state index is 0.381. The van der Waals surface area contributed by atoms with Crippen LogP contribution in [0.5, 0.6) is 0 Å². The maximum atomic E-state index is 11.4. The number of fused-ring (bicyclic) bond motifs is 1. The number of nitrogens with zero attached hydrogens (tertiary/aromatic N) is 1. The van der Waals surface area contributed by atoms with Gasteiger partial charge in [0.15, 0.2) is 0 Å². The van der Waals surface area contributed by atoms with Crippen LogP contribution < -0.4 is 5.73 Å². The summed E-state index contributed by atoms with van der Waals surface area (Å²) in [4.78, 5) is 11.4. The molecular formula is C9H8N2O2S. The summed E-state index contributed by atoms with van der Waals surface area (Å²) in [6, 6.07) is 5.33. The summed E-state index contributed by atoms with van der Waals surface area (Å²) in [7, 11) is 1.34. The molecule has 0 unspecified atom stereocenters. The first-order valence-corrected chi connectivity index (χ1v) is 4.73. The number of ether oxygens (including phenoxy) is 1. The first-order chi connectivity index (χ1) is 6.74. The van der Waals surface area contributed by atoms with Crippen LogP contribution in [-0.2, 0) is 4.74 Å². The Kier molecular flexibility index (Phi) is 2.09. The van der Waals surface area contributed by atoms with Crippen molar-refractivity contribution in [3.05, 3.63) is 23.8 Å². The molecule has 0 aliphatic carbocycles. The van der Waals surface area contributed by atoms with E-state index in [0.717, 1.165) is 4.70 Å². The number of rotatable bonds is 1. The highest BCUT2D eigenvalue weighted by Crippen LogP contribution is 2.28. The van der Waals surface area contributed by atoms with E-state index in [4.69, 9.17) is 5.73 Å². The zero-order chi connectivity index (χ0) is 10.1. The van der Waals surface area contributed by atoms with Gasteiger partial charge in [-0.15, -0.1) is 0 Å². The van der Waals surface area contributed by atoms with Crippen molar-refractivity contribution in [1.29, 1.82) is 0 Å². The van der Waals surface area contributed by atoms with Gasteiger partial charge in [0.2, 0.25) is 0 Å². The average Bonchev–Trinajstić information content (AvgIpc) is 2.59. The van der Waals surface area contributed by atoms with Crippen LogP contribution in [0.15, 0.2) is 18.2 Å². The van der Waals surface area contributed by atoms with Gasteiger partial charge in [-0.3, -0.25) is 0 Å². The summed E-state index contributed by atoms with van der Waals surface area (Å²) < 4.78 is 9.53. The molecule has 0 aliphatic rings. The molecule has 0 fully saturated rings. The second kappa shape index (κ2) is 3.26. The Bertz CT molecular complexity index is 493. The summed E-state index contributed by atoms with van der Waals surface area (Å²) >= 11 is 1.27. The van der Waals surface area contributed by atoms with E-state index in [9.17, 15) is 4.79 Å². The third-order valence-corrected chi connectivity index (χ3v) is 2.75. The molecule has 0 atom stereocenters. The molecule has 0 spiro atoms. The highest BCUT2D eigenvalue weighted by molar-refractivity contribution is 7.13. The Hall–Kier alpha value is -1.62. The standard InChI is InChI=1S/C9H8N2O2S/c1-13-9(12)5-3-2-4-6-7(5)8(10)11-14-6/h2-4H,1H3,(H2,10,11). The molecule has 2 aromatic rings. The maximum absolute atomic E-state index is 11.4. The van der Waals surface area contributed by atoms with E-state index >= 15 is 0 Å². The zero-order valence-electron chi connectivity index (χ0n) is 7.48. The van der Waals surface area contributed by atoms with Crippen molar-refractivity contribution in [2.45, 2.75) is 0 Å². The molecule has 5 heteroatoms. The van der Waals surface area contributed by atoms with Crippen molar-refractivity contribution in [3.63, 3.8) is 0 Å². The number of methoxy groups -OCH3 is 1. The molecule has 0 aliphatic heterocycles. The minimum atomic E-state index is -0.387. The SMILES string of the molecule is COC(=O)c1cccc2snc(N)c12. The van der Waals surface area contributed by atoms with Gasteiger partial charge in [0, 0.05) is 0 Å². The van der Waals surface area contributed by atoms with E-state index in [1.54, 1.807) is 12.1 Å². The van der Waals surface area contributed by atoms with Gasteiger partial charge < -0.3 is 10.5 Å². The Labute approximate surface area is 84.5 Å². The Morgan fingerprint density at radius 1 is 1.57 bits per heavy atom. The summed E-state index contributed by atoms with van der Waals surface area (Å²) in [5.74, 6) is -0.00602. The Morgan fingerprint density at radius 2 is 2.36 bits per heavy atom. The molecule has 0 bridgehead atoms. The lowest BCUT2D eigenvalue weighted by Gasteiger charge is -2.00. The number of aromatic nitrogens is 1. The average molecular weight is 208 g/mol. The fourth-order valence-electron chi connectivity index (χ4n) is 1.30. The van der Waals surface area contributed by atoms with Crippen LogP contribution in [0.3, 0.4) is 0 Å². The van der Waals surface area contributed by atoms with Gasteiger partial charge in [-0.05, 0) is 23.7 Å². The number of esters is 1. The fraction of sp³-hybridized carbons (Fsp3) is 0.111. The highest BCUT2D eigenvalue weighted by Gasteiger charge is 2.14. The van der Waals surface area contributed by atoms with Crippen molar-refractivity contribution < 1.29 is 9.53 Å². The normalized spacial score (nSPS) is 10.4. The van der Waals surface area contributed by atoms with Crippen LogP contribution in [0, 0.1) is 0 Å². The topological polar surface area (TPSA) is 65.2 Å². The highest BCUT2D eigenvalue weighted by atomic mass is 32.1. The predicted molar refractivity (Wildman–Crippen MR) is 55.4 cm³/mol. The molecule has 1 heterocycles. The molecular weight excluding hydrogens is 200 g/mol. The van der Waals surface area contributed by atoms with Gasteiger partial charge >= 0.3 is 5.97 Å². The van der Waals surface area contributed by atoms with Crippen LogP contribution in [0.25, 0.3) is 10.1 Å². The van der Waals surface area contributed by atoms with Gasteiger partial charge in [0.25, 0.3) is 0 Å². The monoisotopic (exact) mass is 208 g/mol. The summed E-state index contributed by atoms with van der Waals surface area (Å²) in [5, 5.41) is 0.685. The van der Waals surface area contributed by atoms with Gasteiger partial charge in [-0.1, -0.05) is 6.07 Å². The number of hydrogen-bond donors (Lipinski definition) is 1. The van der Waals surface area contributed by atoms with E-state index in [0.29, 0.717) is 16.8 Å². The van der Waals surface area contributed by atoms with Crippen molar-refractivity contribution >= 4 is 33.4 Å². The van der Waals surface area contributed by atoms with Crippen molar-refractivity contribution in [2.75, 3.05) is 12.8 Å². The smallest absolute Gasteiger partial charge is 0.338 e. The lowest BCUT2D eigenvalue weighted by Crippen LogP contribution is -2.02. The lowest BCUT2D eigenvalue weighted by atomic mass is 10.1. The predicted octanol–water partition coefficient (Wildman–Crippen LogP) is 1.67. The van der Waals surface area contributed by atoms with Gasteiger partial charge in [-0.25, -0.2) is 4.79 Å². The Morgan fingerprint density at radius 3 is 3.07 bits per heavy atom. The number of carbonyl (C=O) groups excluding carboxylic acids is 1. The largest absolute Gasteiger partial charge is 0.465 e. The van der Waals surface area contributed by atoms with Crippen LogP contribution in [0.4, 0.5) is 5.82 Å². The number of nitrogen functional groups attached to an aromatic ring is 1. The fourth-order valence-corrected chi connectivity index (χ4v) is 2.03. The number of carbonyl (C=O) groups is 1. The Balaban J connectivity index is 2.75. The zero-order valence-corrected chi connectivity index (χ0v) is 8.30. The molecule has 2 N–H and O–H groups in total. The first-order valence-electron chi connectivity index (χ1n) is 3.96. The third-order valence-electron chi connectivity index (χ3n) is 1.93. The molecule has 0 saturated heterocycles. The molecule has 0 saturated carbocycles. The van der Waals surface area contributed by atoms with Gasteiger partial charge in [0.05, 0.1) is 22.8 Å². The molecule has 0 amide bonds. The van der Waals surface area contributed by atoms with Crippen molar-refractivity contribution in [2.24, 2.45) is 0 Å². The third kappa shape index (κ3) is 1.22. The summed E-state index contributed by atoms with van der Waals surface area (Å²) in [6.07, 6.45) is 0. The van der Waals surface area contributed by atoms with E-state index in [-0.39, 0.29) is 5.97 Å². The quantitative estimate of drug-likeness (QED) is 0.724. The molecule has 14 heavy (non-hydrogen) atoms. The maximum Gasteiger partial charge on any atom is 0.338 e. The van der Waals surface area contributed by atoms with E-state index < -0.39 is 0 Å². The number of nitrogens with two attached hydrogens (primary N) is 1. The summed E-state index contributed by atoms with van der Waals surface area (Å²) in [5.41, 5.74) is 6.13. The summed E-state index contributed by atoms with van der Waals surface area (Å²) in [6.45, 7) is 0. The lowest BCUT2D eigenvalue weighted by molar-refractivity contribution is 0.0603. The van der Waals surface area contributed by atoms with Crippen LogP contribution in [-0.4, -0.2) is 17.5 Å². The van der Waals surface area contributed by atoms with Crippen molar-refractivity contribution in [3.8, 4) is 0 Å². The van der Waals surface area contributed by atoms with Crippen LogP contribution in [0.1, 0.15) is 10.4 Å². The van der Waals surface area contributed by atoms with E-state index in [1.165, 1.54) is 18.6 Å². The molecule has 1 aromatic heterocycles. The minimum Gasteiger partial charge on any atom is -0.465 e. The number of benzene rings is 1. The van der Waals surface area contributed by atoms with E-state index in [1.807, 2.05) is 6.07 Å². The van der Waals surface area contributed by atoms with Crippen LogP contribution >= 0.6 is 11.5 Å². The van der Waals surface area contributed by atoms with Crippen LogP contribution in [0.2, 0.25) is 0 Å². The molecule has 1 aromatic carbocycles.